The Kier molecular flexibility index (Phi) is 7.17. The second-order valence-electron chi connectivity index (χ2n) is 9.05. The molecule has 1 N–H and O–H groups in total. The van der Waals surface area contributed by atoms with E-state index in [9.17, 15) is 4.79 Å². The average Bonchev–Trinajstić information content (AvgIpc) is 2.81. The Bertz CT molecular complexity index is 868. The zero-order chi connectivity index (χ0) is 21.6. The van der Waals surface area contributed by atoms with Crippen molar-refractivity contribution in [3.63, 3.8) is 0 Å². The van der Waals surface area contributed by atoms with Gasteiger partial charge in [-0.05, 0) is 63.8 Å². The second kappa shape index (κ2) is 10.2. The first-order chi connectivity index (χ1) is 15.1. The number of aromatic nitrogens is 2. The number of hydrogen-bond donors (Lipinski definition) is 1. The lowest BCUT2D eigenvalue weighted by atomic mass is 9.97. The van der Waals surface area contributed by atoms with Gasteiger partial charge < -0.3 is 10.2 Å². The first-order valence-corrected chi connectivity index (χ1v) is 11.8. The highest BCUT2D eigenvalue weighted by atomic mass is 16.1. The van der Waals surface area contributed by atoms with Crippen molar-refractivity contribution >= 4 is 11.7 Å². The Morgan fingerprint density at radius 3 is 2.71 bits per heavy atom. The number of carbonyl (C=O) groups excluding carboxylic acids is 1. The molecule has 0 aliphatic carbocycles. The van der Waals surface area contributed by atoms with Crippen LogP contribution in [0.15, 0.2) is 36.4 Å². The van der Waals surface area contributed by atoms with Crippen LogP contribution in [0.2, 0.25) is 0 Å². The standard InChI is InChI=1S/C25H35N5O/c1-19-8-3-4-11-22(19)23-12-13-24(28-27-23)30-16-7-10-21(18-30)25(31)26-14-17-29-15-6-5-9-20(29)2/h3-4,8,11-13,20-21H,5-7,9-10,14-18H2,1-2H3,(H,26,31)/t20-,21-/m0/s1. The van der Waals surface area contributed by atoms with E-state index in [1.807, 2.05) is 24.3 Å². The summed E-state index contributed by atoms with van der Waals surface area (Å²) in [4.78, 5) is 17.5. The molecular formula is C25H35N5O. The molecule has 4 rings (SSSR count). The van der Waals surface area contributed by atoms with Crippen molar-refractivity contribution < 1.29 is 4.79 Å². The third kappa shape index (κ3) is 5.42. The van der Waals surface area contributed by atoms with Crippen molar-refractivity contribution in [2.75, 3.05) is 37.6 Å². The minimum absolute atomic E-state index is 0.0189. The molecule has 6 nitrogen and oxygen atoms in total. The van der Waals surface area contributed by atoms with Gasteiger partial charge in [0, 0.05) is 37.8 Å². The first kappa shape index (κ1) is 21.8. The number of hydrogen-bond acceptors (Lipinski definition) is 5. The van der Waals surface area contributed by atoms with E-state index in [0.29, 0.717) is 12.6 Å². The predicted molar refractivity (Wildman–Crippen MR) is 125 cm³/mol. The van der Waals surface area contributed by atoms with E-state index in [-0.39, 0.29) is 11.8 Å². The Labute approximate surface area is 186 Å². The van der Waals surface area contributed by atoms with Crippen molar-refractivity contribution in [1.29, 1.82) is 0 Å². The summed E-state index contributed by atoms with van der Waals surface area (Å²) in [5.41, 5.74) is 3.19. The SMILES string of the molecule is Cc1ccccc1-c1ccc(N2CCC[C@H](C(=O)NCCN3CCCC[C@@H]3C)C2)nn1. The number of benzene rings is 1. The molecule has 3 heterocycles. The lowest BCUT2D eigenvalue weighted by Crippen LogP contribution is -2.46. The van der Waals surface area contributed by atoms with Crippen LogP contribution in [-0.4, -0.2) is 59.8 Å². The predicted octanol–water partition coefficient (Wildman–Crippen LogP) is 3.66. The van der Waals surface area contributed by atoms with Gasteiger partial charge in [-0.1, -0.05) is 30.7 Å². The van der Waals surface area contributed by atoms with E-state index in [1.54, 1.807) is 0 Å². The maximum atomic E-state index is 12.8. The normalized spacial score (nSPS) is 22.3. The van der Waals surface area contributed by atoms with Gasteiger partial charge in [0.05, 0.1) is 11.6 Å². The molecule has 2 aliphatic heterocycles. The number of likely N-dealkylation sites (tertiary alicyclic amines) is 1. The van der Waals surface area contributed by atoms with Gasteiger partial charge in [-0.2, -0.15) is 0 Å². The van der Waals surface area contributed by atoms with Crippen LogP contribution in [0, 0.1) is 12.8 Å². The highest BCUT2D eigenvalue weighted by Crippen LogP contribution is 2.25. The van der Waals surface area contributed by atoms with Gasteiger partial charge in [0.1, 0.15) is 0 Å². The first-order valence-electron chi connectivity index (χ1n) is 11.8. The molecule has 1 aromatic heterocycles. The number of rotatable bonds is 6. The fourth-order valence-corrected chi connectivity index (χ4v) is 4.85. The number of nitrogens with zero attached hydrogens (tertiary/aromatic N) is 4. The van der Waals surface area contributed by atoms with Crippen molar-refractivity contribution in [2.45, 2.75) is 52.0 Å². The average molecular weight is 422 g/mol. The Balaban J connectivity index is 1.30. The van der Waals surface area contributed by atoms with Gasteiger partial charge in [-0.15, -0.1) is 10.2 Å². The molecule has 0 spiro atoms. The molecule has 0 radical (unpaired) electrons. The molecule has 2 aliphatic rings. The fraction of sp³-hybridized carbons (Fsp3) is 0.560. The number of carbonyl (C=O) groups is 1. The minimum Gasteiger partial charge on any atom is -0.355 e. The molecule has 2 aromatic rings. The largest absolute Gasteiger partial charge is 0.355 e. The van der Waals surface area contributed by atoms with Crippen LogP contribution in [0.1, 0.15) is 44.6 Å². The molecule has 6 heteroatoms. The molecule has 2 atom stereocenters. The Morgan fingerprint density at radius 1 is 1.06 bits per heavy atom. The molecule has 166 valence electrons. The minimum atomic E-state index is 0.0189. The summed E-state index contributed by atoms with van der Waals surface area (Å²) in [5.74, 6) is 1.06. The molecule has 2 saturated heterocycles. The smallest absolute Gasteiger partial charge is 0.224 e. The summed E-state index contributed by atoms with van der Waals surface area (Å²) >= 11 is 0. The quantitative estimate of drug-likeness (QED) is 0.771. The summed E-state index contributed by atoms with van der Waals surface area (Å²) < 4.78 is 0. The molecule has 0 bridgehead atoms. The lowest BCUT2D eigenvalue weighted by Gasteiger charge is -2.34. The van der Waals surface area contributed by atoms with E-state index in [4.69, 9.17) is 0 Å². The number of anilines is 1. The van der Waals surface area contributed by atoms with Gasteiger partial charge in [0.2, 0.25) is 5.91 Å². The van der Waals surface area contributed by atoms with Crippen molar-refractivity contribution in [3.8, 4) is 11.3 Å². The van der Waals surface area contributed by atoms with Crippen LogP contribution in [0.3, 0.4) is 0 Å². The van der Waals surface area contributed by atoms with Crippen LogP contribution in [0.5, 0.6) is 0 Å². The summed E-state index contributed by atoms with van der Waals surface area (Å²) in [6.45, 7) is 8.87. The van der Waals surface area contributed by atoms with Gasteiger partial charge in [-0.3, -0.25) is 9.69 Å². The van der Waals surface area contributed by atoms with E-state index in [1.165, 1.54) is 24.8 Å². The van der Waals surface area contributed by atoms with E-state index >= 15 is 0 Å². The molecule has 1 aromatic carbocycles. The second-order valence-corrected chi connectivity index (χ2v) is 9.05. The van der Waals surface area contributed by atoms with Gasteiger partial charge in [-0.25, -0.2) is 0 Å². The van der Waals surface area contributed by atoms with E-state index in [0.717, 1.165) is 56.1 Å². The highest BCUT2D eigenvalue weighted by Gasteiger charge is 2.27. The summed E-state index contributed by atoms with van der Waals surface area (Å²) in [6.07, 6.45) is 5.82. The van der Waals surface area contributed by atoms with Gasteiger partial charge in [0.25, 0.3) is 0 Å². The van der Waals surface area contributed by atoms with Gasteiger partial charge >= 0.3 is 0 Å². The van der Waals surface area contributed by atoms with E-state index < -0.39 is 0 Å². The topological polar surface area (TPSA) is 61.4 Å². The maximum Gasteiger partial charge on any atom is 0.224 e. The third-order valence-electron chi connectivity index (χ3n) is 6.83. The Morgan fingerprint density at radius 2 is 1.94 bits per heavy atom. The van der Waals surface area contributed by atoms with Gasteiger partial charge in [0.15, 0.2) is 5.82 Å². The zero-order valence-electron chi connectivity index (χ0n) is 18.9. The van der Waals surface area contributed by atoms with E-state index in [2.05, 4.69) is 51.3 Å². The molecule has 2 fully saturated rings. The van der Waals surface area contributed by atoms with Crippen molar-refractivity contribution in [2.24, 2.45) is 5.92 Å². The Hall–Kier alpha value is -2.47. The van der Waals surface area contributed by atoms with Crippen LogP contribution < -0.4 is 10.2 Å². The van der Waals surface area contributed by atoms with Crippen LogP contribution >= 0.6 is 0 Å². The molecule has 1 amide bonds. The summed E-state index contributed by atoms with van der Waals surface area (Å²) in [7, 11) is 0. The summed E-state index contributed by atoms with van der Waals surface area (Å²) in [5, 5.41) is 12.1. The van der Waals surface area contributed by atoms with Crippen LogP contribution in [0.4, 0.5) is 5.82 Å². The number of nitrogens with one attached hydrogen (secondary N) is 1. The van der Waals surface area contributed by atoms with Crippen molar-refractivity contribution in [1.82, 2.24) is 20.4 Å². The number of amides is 1. The van der Waals surface area contributed by atoms with Crippen LogP contribution in [-0.2, 0) is 4.79 Å². The van der Waals surface area contributed by atoms with Crippen LogP contribution in [0.25, 0.3) is 11.3 Å². The molecular weight excluding hydrogens is 386 g/mol. The maximum absolute atomic E-state index is 12.8. The third-order valence-corrected chi connectivity index (χ3v) is 6.83. The zero-order valence-corrected chi connectivity index (χ0v) is 18.9. The molecule has 0 saturated carbocycles. The number of aryl methyl sites for hydroxylation is 1. The monoisotopic (exact) mass is 421 g/mol. The summed E-state index contributed by atoms with van der Waals surface area (Å²) in [6, 6.07) is 12.9. The lowest BCUT2D eigenvalue weighted by molar-refractivity contribution is -0.125. The number of piperidine rings is 2. The van der Waals surface area contributed by atoms with Crippen molar-refractivity contribution in [3.05, 3.63) is 42.0 Å². The fourth-order valence-electron chi connectivity index (χ4n) is 4.85. The molecule has 0 unspecified atom stereocenters. The highest BCUT2D eigenvalue weighted by molar-refractivity contribution is 5.79. The molecule has 31 heavy (non-hydrogen) atoms.